The summed E-state index contributed by atoms with van der Waals surface area (Å²) >= 11 is 1.11. The van der Waals surface area contributed by atoms with Crippen LogP contribution >= 0.6 is 22.6 Å². The van der Waals surface area contributed by atoms with Crippen molar-refractivity contribution in [3.63, 3.8) is 0 Å². The standard InChI is InChI=1S/C16H18F15I/c1-3-4-5-6-7-9(32)8(2)10(17,18)11(19,20)12(21,22)13(23,24)14(25,26)15(27,28)16(29,30)31/h8-9H,3-7H2,1-2H3. The van der Waals surface area contributed by atoms with Gasteiger partial charge in [-0.05, 0) is 6.42 Å². The molecule has 0 aromatic rings. The number of hydrogen-bond acceptors (Lipinski definition) is 0. The Hall–Kier alpha value is -0.320. The van der Waals surface area contributed by atoms with Crippen molar-refractivity contribution in [3.05, 3.63) is 0 Å². The fraction of sp³-hybridized carbons (Fsp3) is 1.00. The first-order valence-electron chi connectivity index (χ1n) is 8.87. The zero-order valence-corrected chi connectivity index (χ0v) is 18.4. The molecular formula is C16H18F15I. The van der Waals surface area contributed by atoms with E-state index in [-0.39, 0.29) is 19.8 Å². The van der Waals surface area contributed by atoms with Crippen molar-refractivity contribution in [1.82, 2.24) is 0 Å². The van der Waals surface area contributed by atoms with Crippen LogP contribution in [0.2, 0.25) is 0 Å². The van der Waals surface area contributed by atoms with Crippen molar-refractivity contribution in [2.24, 2.45) is 5.92 Å². The van der Waals surface area contributed by atoms with Gasteiger partial charge in [-0.2, -0.15) is 65.9 Å². The third-order valence-electron chi connectivity index (χ3n) is 4.80. The molecule has 2 atom stereocenters. The van der Waals surface area contributed by atoms with E-state index in [0.717, 1.165) is 22.6 Å². The molecule has 0 bridgehead atoms. The van der Waals surface area contributed by atoms with Crippen LogP contribution in [-0.4, -0.2) is 45.6 Å². The second-order valence-electron chi connectivity index (χ2n) is 7.15. The largest absolute Gasteiger partial charge is 0.460 e. The molecule has 0 amide bonds. The number of halogens is 16. The molecule has 0 aromatic carbocycles. The molecule has 0 rings (SSSR count). The lowest BCUT2D eigenvalue weighted by Gasteiger charge is -2.43. The fourth-order valence-corrected chi connectivity index (χ4v) is 3.40. The van der Waals surface area contributed by atoms with Gasteiger partial charge in [-0.1, -0.05) is 62.1 Å². The van der Waals surface area contributed by atoms with Crippen molar-refractivity contribution < 1.29 is 65.9 Å². The lowest BCUT2D eigenvalue weighted by molar-refractivity contribution is -0.454. The highest BCUT2D eigenvalue weighted by Crippen LogP contribution is 2.63. The van der Waals surface area contributed by atoms with Gasteiger partial charge in [-0.3, -0.25) is 0 Å². The molecule has 0 saturated heterocycles. The number of hydrogen-bond donors (Lipinski definition) is 0. The Morgan fingerprint density at radius 2 is 0.938 bits per heavy atom. The van der Waals surface area contributed by atoms with Crippen LogP contribution in [0.4, 0.5) is 65.9 Å². The van der Waals surface area contributed by atoms with Gasteiger partial charge in [0.05, 0.1) is 0 Å². The molecule has 16 heteroatoms. The van der Waals surface area contributed by atoms with E-state index >= 15 is 0 Å². The van der Waals surface area contributed by atoms with Crippen LogP contribution in [0.25, 0.3) is 0 Å². The Bertz CT molecular complexity index is 611. The van der Waals surface area contributed by atoms with Gasteiger partial charge in [0.25, 0.3) is 0 Å². The lowest BCUT2D eigenvalue weighted by Crippen LogP contribution is -2.73. The third kappa shape index (κ3) is 5.03. The van der Waals surface area contributed by atoms with Gasteiger partial charge < -0.3 is 0 Å². The highest BCUT2D eigenvalue weighted by molar-refractivity contribution is 14.1. The van der Waals surface area contributed by atoms with Crippen LogP contribution in [0.1, 0.15) is 46.0 Å². The molecule has 0 nitrogen and oxygen atoms in total. The van der Waals surface area contributed by atoms with E-state index < -0.39 is 51.6 Å². The van der Waals surface area contributed by atoms with E-state index in [1.54, 1.807) is 6.92 Å². The SMILES string of the molecule is CCCCCCC(I)C(C)C(F)(F)C(F)(F)C(F)(F)C(F)(F)C(F)(F)C(F)(F)C(F)(F)F. The molecule has 194 valence electrons. The first-order chi connectivity index (χ1) is 13.9. The predicted octanol–water partition coefficient (Wildman–Crippen LogP) is 8.77. The highest BCUT2D eigenvalue weighted by Gasteiger charge is 2.93. The Morgan fingerprint density at radius 1 is 0.562 bits per heavy atom. The van der Waals surface area contributed by atoms with Crippen molar-refractivity contribution >= 4 is 22.6 Å². The summed E-state index contributed by atoms with van der Waals surface area (Å²) in [5.41, 5.74) is 0. The molecule has 0 aromatic heterocycles. The summed E-state index contributed by atoms with van der Waals surface area (Å²) in [7, 11) is 0. The molecule has 0 fully saturated rings. The van der Waals surface area contributed by atoms with E-state index in [4.69, 9.17) is 0 Å². The average Bonchev–Trinajstić information content (AvgIpc) is 2.62. The van der Waals surface area contributed by atoms with Gasteiger partial charge in [0.15, 0.2) is 0 Å². The number of unbranched alkanes of at least 4 members (excludes halogenated alkanes) is 3. The highest BCUT2D eigenvalue weighted by atomic mass is 127. The van der Waals surface area contributed by atoms with Crippen LogP contribution in [0, 0.1) is 5.92 Å². The molecule has 0 N–H and O–H groups in total. The van der Waals surface area contributed by atoms with Gasteiger partial charge in [-0.15, -0.1) is 0 Å². The predicted molar refractivity (Wildman–Crippen MR) is 91.5 cm³/mol. The van der Waals surface area contributed by atoms with E-state index in [1.807, 2.05) is 0 Å². The third-order valence-corrected chi connectivity index (χ3v) is 6.50. The molecule has 2 unspecified atom stereocenters. The second-order valence-corrected chi connectivity index (χ2v) is 8.75. The Labute approximate surface area is 186 Å². The molecule has 0 saturated carbocycles. The smallest absolute Gasteiger partial charge is 0.199 e. The van der Waals surface area contributed by atoms with Crippen molar-refractivity contribution in [3.8, 4) is 0 Å². The molecule has 0 radical (unpaired) electrons. The fourth-order valence-electron chi connectivity index (χ4n) is 2.51. The Kier molecular flexibility index (Phi) is 9.64. The second kappa shape index (κ2) is 9.74. The minimum absolute atomic E-state index is 0.121. The Morgan fingerprint density at radius 3 is 1.31 bits per heavy atom. The average molecular weight is 622 g/mol. The van der Waals surface area contributed by atoms with Gasteiger partial charge in [-0.25, -0.2) is 0 Å². The normalized spacial score (nSPS) is 17.4. The molecule has 0 heterocycles. The molecule has 0 aliphatic rings. The van der Waals surface area contributed by atoms with Crippen LogP contribution in [0.3, 0.4) is 0 Å². The number of rotatable bonds is 12. The zero-order valence-electron chi connectivity index (χ0n) is 16.2. The minimum atomic E-state index is -8.23. The lowest BCUT2D eigenvalue weighted by atomic mass is 9.85. The van der Waals surface area contributed by atoms with Gasteiger partial charge in [0.1, 0.15) is 0 Å². The summed E-state index contributed by atoms with van der Waals surface area (Å²) in [6.45, 7) is 1.96. The van der Waals surface area contributed by atoms with Crippen LogP contribution in [0.15, 0.2) is 0 Å². The maximum Gasteiger partial charge on any atom is 0.460 e. The maximum absolute atomic E-state index is 14.1. The summed E-state index contributed by atoms with van der Waals surface area (Å²) in [6, 6.07) is 0. The first-order valence-corrected chi connectivity index (χ1v) is 10.1. The van der Waals surface area contributed by atoms with Gasteiger partial charge >= 0.3 is 41.7 Å². The van der Waals surface area contributed by atoms with E-state index in [2.05, 4.69) is 0 Å². The summed E-state index contributed by atoms with van der Waals surface area (Å²) in [5, 5.41) is 0. The maximum atomic E-state index is 14.1. The molecule has 0 aliphatic heterocycles. The van der Waals surface area contributed by atoms with E-state index in [1.165, 1.54) is 0 Å². The van der Waals surface area contributed by atoms with Gasteiger partial charge in [0.2, 0.25) is 0 Å². The molecule has 0 spiro atoms. The molecule has 0 aliphatic carbocycles. The molecular weight excluding hydrogens is 604 g/mol. The summed E-state index contributed by atoms with van der Waals surface area (Å²) in [6.07, 6.45) is -6.14. The monoisotopic (exact) mass is 622 g/mol. The topological polar surface area (TPSA) is 0 Å². The van der Waals surface area contributed by atoms with Crippen molar-refractivity contribution in [2.45, 2.75) is 91.6 Å². The van der Waals surface area contributed by atoms with Crippen LogP contribution < -0.4 is 0 Å². The van der Waals surface area contributed by atoms with E-state index in [0.29, 0.717) is 19.3 Å². The zero-order chi connectivity index (χ0) is 26.2. The summed E-state index contributed by atoms with van der Waals surface area (Å²) < 4.78 is 197. The van der Waals surface area contributed by atoms with Crippen molar-refractivity contribution in [1.29, 1.82) is 0 Å². The van der Waals surface area contributed by atoms with Crippen LogP contribution in [-0.2, 0) is 0 Å². The van der Waals surface area contributed by atoms with E-state index in [9.17, 15) is 65.9 Å². The quantitative estimate of drug-likeness (QED) is 0.0884. The first kappa shape index (κ1) is 31.7. The van der Waals surface area contributed by atoms with Crippen molar-refractivity contribution in [2.75, 3.05) is 0 Å². The summed E-state index contributed by atoms with van der Waals surface area (Å²) in [5.74, 6) is -48.9. The number of alkyl halides is 16. The summed E-state index contributed by atoms with van der Waals surface area (Å²) in [4.78, 5) is 0. The van der Waals surface area contributed by atoms with Crippen LogP contribution in [0.5, 0.6) is 0 Å². The Balaban J connectivity index is 6.20. The molecule has 32 heavy (non-hydrogen) atoms. The minimum Gasteiger partial charge on any atom is -0.199 e. The van der Waals surface area contributed by atoms with Gasteiger partial charge in [0, 0.05) is 9.84 Å².